The van der Waals surface area contributed by atoms with Crippen LogP contribution in [0.25, 0.3) is 0 Å². The second-order valence-corrected chi connectivity index (χ2v) is 3.44. The summed E-state index contributed by atoms with van der Waals surface area (Å²) in [6, 6.07) is 2.84. The van der Waals surface area contributed by atoms with Crippen molar-refractivity contribution >= 4 is 5.78 Å². The smallest absolute Gasteiger partial charge is 0.373 e. The summed E-state index contributed by atoms with van der Waals surface area (Å²) < 4.78 is 65.9. The van der Waals surface area contributed by atoms with E-state index in [4.69, 9.17) is 0 Å². The number of Topliss-reactive ketones (excluding diaryl/α,β-unsaturated/α-hetero) is 1. The van der Waals surface area contributed by atoms with Crippen LogP contribution in [0.15, 0.2) is 18.2 Å². The van der Waals surface area contributed by atoms with Gasteiger partial charge in [-0.15, -0.1) is 0 Å². The molecule has 0 spiro atoms. The topological polar surface area (TPSA) is 26.3 Å². The maximum atomic E-state index is 13.1. The quantitative estimate of drug-likeness (QED) is 0.466. The molecule has 0 unspecified atom stereocenters. The number of ketones is 1. The summed E-state index contributed by atoms with van der Waals surface area (Å²) in [6.45, 7) is -1.53. The Hall–Kier alpha value is -1.50. The molecule has 0 N–H and O–H groups in total. The van der Waals surface area contributed by atoms with Gasteiger partial charge in [0, 0.05) is 0 Å². The van der Waals surface area contributed by atoms with E-state index in [0.29, 0.717) is 0 Å². The van der Waals surface area contributed by atoms with Gasteiger partial charge in [0.15, 0.2) is 5.78 Å². The third-order valence-electron chi connectivity index (χ3n) is 2.00. The summed E-state index contributed by atoms with van der Waals surface area (Å²) in [4.78, 5) is 11.3. The van der Waals surface area contributed by atoms with Crippen molar-refractivity contribution in [3.8, 4) is 0 Å². The van der Waals surface area contributed by atoms with Crippen LogP contribution in [0.5, 0.6) is 0 Å². The van der Waals surface area contributed by atoms with Gasteiger partial charge < -0.3 is 4.74 Å². The Labute approximate surface area is 99.4 Å². The first-order valence-electron chi connectivity index (χ1n) is 4.93. The number of benzene rings is 1. The molecular formula is C11H9F5O2. The lowest BCUT2D eigenvalue weighted by Crippen LogP contribution is -2.17. The zero-order chi connectivity index (χ0) is 13.8. The van der Waals surface area contributed by atoms with Gasteiger partial charge in [-0.1, -0.05) is 6.07 Å². The highest BCUT2D eigenvalue weighted by atomic mass is 19.4. The molecular weight excluding hydrogens is 259 g/mol. The monoisotopic (exact) mass is 268 g/mol. The molecule has 2 nitrogen and oxygen atoms in total. The third-order valence-corrected chi connectivity index (χ3v) is 2.00. The molecule has 0 amide bonds. The van der Waals surface area contributed by atoms with Crippen molar-refractivity contribution < 1.29 is 31.5 Å². The van der Waals surface area contributed by atoms with Crippen molar-refractivity contribution in [3.05, 3.63) is 35.4 Å². The normalized spacial score (nSPS) is 11.6. The highest BCUT2D eigenvalue weighted by molar-refractivity contribution is 5.97. The van der Waals surface area contributed by atoms with E-state index in [1.165, 1.54) is 0 Å². The summed E-state index contributed by atoms with van der Waals surface area (Å²) in [5.74, 6) is -3.17. The molecule has 0 saturated carbocycles. The van der Waals surface area contributed by atoms with E-state index in [-0.39, 0.29) is 0 Å². The molecule has 0 aliphatic heterocycles. The van der Waals surface area contributed by atoms with Crippen LogP contribution in [-0.4, -0.2) is 25.2 Å². The van der Waals surface area contributed by atoms with Crippen LogP contribution < -0.4 is 0 Å². The molecule has 0 fully saturated rings. The molecule has 0 heterocycles. The van der Waals surface area contributed by atoms with Crippen LogP contribution in [0, 0.1) is 11.6 Å². The van der Waals surface area contributed by atoms with Gasteiger partial charge in [-0.3, -0.25) is 4.79 Å². The standard InChI is InChI=1S/C11H9F5O2/c12-7-2-1-3-8(13)10(7)9(17)6-18-5-4-11(14,15)16/h1-3H,4-6H2. The second kappa shape index (κ2) is 5.90. The molecule has 0 aliphatic rings. The molecule has 1 aromatic carbocycles. The average molecular weight is 268 g/mol. The SMILES string of the molecule is O=C(COCCC(F)(F)F)c1c(F)cccc1F. The van der Waals surface area contributed by atoms with Gasteiger partial charge in [0.2, 0.25) is 0 Å². The molecule has 0 saturated heterocycles. The number of halogens is 5. The first-order chi connectivity index (χ1) is 8.31. The Kier molecular flexibility index (Phi) is 4.77. The number of rotatable bonds is 5. The van der Waals surface area contributed by atoms with Crippen molar-refractivity contribution in [2.45, 2.75) is 12.6 Å². The van der Waals surface area contributed by atoms with Gasteiger partial charge in [-0.2, -0.15) is 13.2 Å². The first kappa shape index (κ1) is 14.6. The summed E-state index contributed by atoms with van der Waals surface area (Å²) in [7, 11) is 0. The Morgan fingerprint density at radius 1 is 1.17 bits per heavy atom. The van der Waals surface area contributed by atoms with Crippen LogP contribution >= 0.6 is 0 Å². The van der Waals surface area contributed by atoms with Gasteiger partial charge in [-0.25, -0.2) is 8.78 Å². The number of hydrogen-bond acceptors (Lipinski definition) is 2. The summed E-state index contributed by atoms with van der Waals surface area (Å²) in [5.41, 5.74) is -0.801. The average Bonchev–Trinajstić information content (AvgIpc) is 2.23. The molecule has 7 heteroatoms. The van der Waals surface area contributed by atoms with E-state index < -0.39 is 48.8 Å². The van der Waals surface area contributed by atoms with E-state index in [0.717, 1.165) is 18.2 Å². The minimum atomic E-state index is -4.40. The number of hydrogen-bond donors (Lipinski definition) is 0. The highest BCUT2D eigenvalue weighted by Crippen LogP contribution is 2.19. The van der Waals surface area contributed by atoms with Gasteiger partial charge in [0.1, 0.15) is 18.2 Å². The molecule has 100 valence electrons. The van der Waals surface area contributed by atoms with E-state index >= 15 is 0 Å². The zero-order valence-corrected chi connectivity index (χ0v) is 9.06. The minimum absolute atomic E-state index is 0.731. The highest BCUT2D eigenvalue weighted by Gasteiger charge is 2.26. The maximum absolute atomic E-state index is 13.1. The fourth-order valence-electron chi connectivity index (χ4n) is 1.19. The largest absolute Gasteiger partial charge is 0.391 e. The van der Waals surface area contributed by atoms with Gasteiger partial charge in [-0.05, 0) is 12.1 Å². The molecule has 18 heavy (non-hydrogen) atoms. The number of carbonyl (C=O) groups excluding carboxylic acids is 1. The van der Waals surface area contributed by atoms with Crippen LogP contribution in [-0.2, 0) is 4.74 Å². The van der Waals surface area contributed by atoms with Crippen LogP contribution in [0.2, 0.25) is 0 Å². The van der Waals surface area contributed by atoms with Gasteiger partial charge in [0.25, 0.3) is 0 Å². The van der Waals surface area contributed by atoms with Crippen molar-refractivity contribution in [1.29, 1.82) is 0 Å². The molecule has 0 aliphatic carbocycles. The van der Waals surface area contributed by atoms with Crippen molar-refractivity contribution in [3.63, 3.8) is 0 Å². The number of alkyl halides is 3. The number of ether oxygens (including phenoxy) is 1. The Morgan fingerprint density at radius 2 is 1.72 bits per heavy atom. The fraction of sp³-hybridized carbons (Fsp3) is 0.364. The lowest BCUT2D eigenvalue weighted by molar-refractivity contribution is -0.144. The van der Waals surface area contributed by atoms with Gasteiger partial charge >= 0.3 is 6.18 Å². The van der Waals surface area contributed by atoms with Crippen molar-refractivity contribution in [2.75, 3.05) is 13.2 Å². The van der Waals surface area contributed by atoms with Crippen molar-refractivity contribution in [1.82, 2.24) is 0 Å². The molecule has 1 aromatic rings. The maximum Gasteiger partial charge on any atom is 0.391 e. The molecule has 0 radical (unpaired) electrons. The fourth-order valence-corrected chi connectivity index (χ4v) is 1.19. The minimum Gasteiger partial charge on any atom is -0.373 e. The third kappa shape index (κ3) is 4.40. The second-order valence-electron chi connectivity index (χ2n) is 3.44. The van der Waals surface area contributed by atoms with Crippen LogP contribution in [0.3, 0.4) is 0 Å². The van der Waals surface area contributed by atoms with E-state index in [2.05, 4.69) is 4.74 Å². The van der Waals surface area contributed by atoms with Gasteiger partial charge in [0.05, 0.1) is 18.6 Å². The Bertz CT molecular complexity index is 408. The molecule has 1 rings (SSSR count). The predicted molar refractivity (Wildman–Crippen MR) is 52.2 cm³/mol. The van der Waals surface area contributed by atoms with E-state index in [1.54, 1.807) is 0 Å². The molecule has 0 atom stereocenters. The van der Waals surface area contributed by atoms with E-state index in [1.807, 2.05) is 0 Å². The summed E-state index contributed by atoms with van der Waals surface area (Å²) >= 11 is 0. The lowest BCUT2D eigenvalue weighted by atomic mass is 10.1. The lowest BCUT2D eigenvalue weighted by Gasteiger charge is -2.07. The zero-order valence-electron chi connectivity index (χ0n) is 9.06. The predicted octanol–water partition coefficient (Wildman–Crippen LogP) is 3.12. The molecule has 0 bridgehead atoms. The summed E-state index contributed by atoms with van der Waals surface area (Å²) in [5, 5.41) is 0. The Morgan fingerprint density at radius 3 is 2.22 bits per heavy atom. The molecule has 0 aromatic heterocycles. The summed E-state index contributed by atoms with van der Waals surface area (Å²) in [6.07, 6.45) is -5.62. The van der Waals surface area contributed by atoms with E-state index in [9.17, 15) is 26.7 Å². The van der Waals surface area contributed by atoms with Crippen LogP contribution in [0.1, 0.15) is 16.8 Å². The van der Waals surface area contributed by atoms with Crippen molar-refractivity contribution in [2.24, 2.45) is 0 Å². The Balaban J connectivity index is 2.51. The first-order valence-corrected chi connectivity index (χ1v) is 4.93. The number of carbonyl (C=O) groups is 1. The van der Waals surface area contributed by atoms with Crippen LogP contribution in [0.4, 0.5) is 22.0 Å².